The van der Waals surface area contributed by atoms with Gasteiger partial charge in [0.05, 0.1) is 13.0 Å². The first-order chi connectivity index (χ1) is 10.7. The zero-order chi connectivity index (χ0) is 15.8. The molecule has 1 aromatic rings. The molecule has 0 radical (unpaired) electrons. The lowest BCUT2D eigenvalue weighted by atomic mass is 9.93. The van der Waals surface area contributed by atoms with Crippen LogP contribution in [0.1, 0.15) is 25.7 Å². The third kappa shape index (κ3) is 7.10. The summed E-state index contributed by atoms with van der Waals surface area (Å²) in [4.78, 5) is 14.2. The second-order valence-corrected chi connectivity index (χ2v) is 6.69. The van der Waals surface area contributed by atoms with Crippen LogP contribution in [0.5, 0.6) is 5.75 Å². The molecule has 1 saturated heterocycles. The first-order valence-corrected chi connectivity index (χ1v) is 8.79. The van der Waals surface area contributed by atoms with Crippen LogP contribution in [0.15, 0.2) is 28.7 Å². The van der Waals surface area contributed by atoms with Crippen molar-refractivity contribution in [3.63, 3.8) is 0 Å². The Kier molecular flexibility index (Phi) is 9.60. The van der Waals surface area contributed by atoms with Crippen LogP contribution in [-0.2, 0) is 4.79 Å². The fourth-order valence-electron chi connectivity index (χ4n) is 2.79. The van der Waals surface area contributed by atoms with Crippen molar-refractivity contribution >= 4 is 34.2 Å². The molecule has 1 N–H and O–H groups in total. The molecule has 1 fully saturated rings. The van der Waals surface area contributed by atoms with Gasteiger partial charge in [-0.1, -0.05) is 22.0 Å². The number of halogens is 2. The first kappa shape index (κ1) is 20.3. The summed E-state index contributed by atoms with van der Waals surface area (Å²) >= 11 is 3.41. The van der Waals surface area contributed by atoms with Crippen LogP contribution >= 0.6 is 28.3 Å². The third-order valence-corrected chi connectivity index (χ3v) is 4.64. The Morgan fingerprint density at radius 3 is 2.78 bits per heavy atom. The average Bonchev–Trinajstić information content (AvgIpc) is 2.53. The van der Waals surface area contributed by atoms with Crippen LogP contribution in [-0.4, -0.2) is 44.1 Å². The van der Waals surface area contributed by atoms with Gasteiger partial charge in [-0.15, -0.1) is 12.4 Å². The van der Waals surface area contributed by atoms with Gasteiger partial charge in [0.2, 0.25) is 5.91 Å². The number of likely N-dealkylation sites (tertiary alicyclic amines) is 1. The summed E-state index contributed by atoms with van der Waals surface area (Å²) in [5, 5.41) is 3.20. The van der Waals surface area contributed by atoms with Gasteiger partial charge in [0.1, 0.15) is 5.75 Å². The molecule has 0 aliphatic carbocycles. The monoisotopic (exact) mass is 404 g/mol. The van der Waals surface area contributed by atoms with Gasteiger partial charge in [0, 0.05) is 17.6 Å². The predicted molar refractivity (Wildman–Crippen MR) is 99.3 cm³/mol. The summed E-state index contributed by atoms with van der Waals surface area (Å²) in [5.41, 5.74) is 0. The molecule has 130 valence electrons. The summed E-state index contributed by atoms with van der Waals surface area (Å²) in [6, 6.07) is 7.70. The second kappa shape index (κ2) is 10.9. The number of piperidine rings is 1. The molecular formula is C17H26BrClN2O2. The van der Waals surface area contributed by atoms with Crippen molar-refractivity contribution in [1.82, 2.24) is 10.2 Å². The lowest BCUT2D eigenvalue weighted by Gasteiger charge is -2.32. The first-order valence-electron chi connectivity index (χ1n) is 8.00. The van der Waals surface area contributed by atoms with Gasteiger partial charge in [0.15, 0.2) is 0 Å². The van der Waals surface area contributed by atoms with Crippen LogP contribution in [0.4, 0.5) is 0 Å². The summed E-state index contributed by atoms with van der Waals surface area (Å²) < 4.78 is 6.62. The van der Waals surface area contributed by atoms with E-state index in [0.717, 1.165) is 48.6 Å². The molecule has 1 aliphatic rings. The minimum atomic E-state index is 0. The molecule has 1 heterocycles. The number of rotatable bonds is 7. The van der Waals surface area contributed by atoms with Crippen LogP contribution in [0.25, 0.3) is 0 Å². The number of nitrogens with zero attached hydrogens (tertiary/aromatic N) is 1. The Labute approximate surface area is 153 Å². The molecule has 0 unspecified atom stereocenters. The number of hydrogen-bond acceptors (Lipinski definition) is 3. The molecule has 23 heavy (non-hydrogen) atoms. The lowest BCUT2D eigenvalue weighted by Crippen LogP contribution is -2.39. The van der Waals surface area contributed by atoms with E-state index in [1.807, 2.05) is 36.2 Å². The molecule has 2 rings (SSSR count). The topological polar surface area (TPSA) is 41.6 Å². The molecule has 4 nitrogen and oxygen atoms in total. The SMILES string of the molecule is CNCCC1CCN(C(=O)CCOc2cccc(Br)c2)CC1.Cl. The van der Waals surface area contributed by atoms with Crippen molar-refractivity contribution in [3.8, 4) is 5.75 Å². The van der Waals surface area contributed by atoms with Crippen LogP contribution in [0.2, 0.25) is 0 Å². The van der Waals surface area contributed by atoms with Crippen molar-refractivity contribution in [2.24, 2.45) is 5.92 Å². The standard InChI is InChI=1S/C17H25BrN2O2.ClH/c1-19-9-5-14-6-10-20(11-7-14)17(21)8-12-22-16-4-2-3-15(18)13-16;/h2-4,13-14,19H,5-12H2,1H3;1H. The number of carbonyl (C=O) groups excluding carboxylic acids is 1. The Morgan fingerprint density at radius 2 is 2.13 bits per heavy atom. The van der Waals surface area contributed by atoms with Gasteiger partial charge in [0.25, 0.3) is 0 Å². The quantitative estimate of drug-likeness (QED) is 0.755. The van der Waals surface area contributed by atoms with Crippen molar-refractivity contribution < 1.29 is 9.53 Å². The van der Waals surface area contributed by atoms with Gasteiger partial charge >= 0.3 is 0 Å². The highest BCUT2D eigenvalue weighted by atomic mass is 79.9. The van der Waals surface area contributed by atoms with Crippen molar-refractivity contribution in [1.29, 1.82) is 0 Å². The molecule has 1 aliphatic heterocycles. The minimum Gasteiger partial charge on any atom is -0.493 e. The van der Waals surface area contributed by atoms with Gasteiger partial charge < -0.3 is 15.0 Å². The maximum Gasteiger partial charge on any atom is 0.225 e. The van der Waals surface area contributed by atoms with Crippen LogP contribution < -0.4 is 10.1 Å². The maximum absolute atomic E-state index is 12.2. The number of amides is 1. The third-order valence-electron chi connectivity index (χ3n) is 4.15. The number of ether oxygens (including phenoxy) is 1. The Morgan fingerprint density at radius 1 is 1.39 bits per heavy atom. The van der Waals surface area contributed by atoms with E-state index >= 15 is 0 Å². The largest absolute Gasteiger partial charge is 0.493 e. The number of hydrogen-bond donors (Lipinski definition) is 1. The molecule has 6 heteroatoms. The second-order valence-electron chi connectivity index (χ2n) is 5.77. The maximum atomic E-state index is 12.2. The zero-order valence-electron chi connectivity index (χ0n) is 13.6. The molecule has 1 amide bonds. The van der Waals surface area contributed by atoms with Crippen molar-refractivity contribution in [2.75, 3.05) is 33.3 Å². The summed E-state index contributed by atoms with van der Waals surface area (Å²) in [6.07, 6.45) is 3.91. The van der Waals surface area contributed by atoms with E-state index in [1.54, 1.807) is 0 Å². The lowest BCUT2D eigenvalue weighted by molar-refractivity contribution is -0.133. The Balaban J connectivity index is 0.00000264. The van der Waals surface area contributed by atoms with Gasteiger partial charge in [-0.05, 0) is 57.0 Å². The fraction of sp³-hybridized carbons (Fsp3) is 0.588. The van der Waals surface area contributed by atoms with E-state index in [-0.39, 0.29) is 18.3 Å². The number of carbonyl (C=O) groups is 1. The van der Waals surface area contributed by atoms with Crippen LogP contribution in [0.3, 0.4) is 0 Å². The molecule has 0 aromatic heterocycles. The highest BCUT2D eigenvalue weighted by Crippen LogP contribution is 2.21. The highest BCUT2D eigenvalue weighted by molar-refractivity contribution is 9.10. The summed E-state index contributed by atoms with van der Waals surface area (Å²) in [5.74, 6) is 1.77. The Hall–Kier alpha value is -0.780. The Bertz CT molecular complexity index is 479. The molecule has 0 spiro atoms. The van der Waals surface area contributed by atoms with Crippen LogP contribution in [0, 0.1) is 5.92 Å². The van der Waals surface area contributed by atoms with E-state index in [1.165, 1.54) is 6.42 Å². The van der Waals surface area contributed by atoms with E-state index in [2.05, 4.69) is 21.2 Å². The van der Waals surface area contributed by atoms with E-state index in [4.69, 9.17) is 4.74 Å². The highest BCUT2D eigenvalue weighted by Gasteiger charge is 2.22. The van der Waals surface area contributed by atoms with Gasteiger partial charge in [-0.3, -0.25) is 4.79 Å². The zero-order valence-corrected chi connectivity index (χ0v) is 16.0. The normalized spacial score (nSPS) is 15.1. The van der Waals surface area contributed by atoms with E-state index in [9.17, 15) is 4.79 Å². The molecule has 0 saturated carbocycles. The van der Waals surface area contributed by atoms with Crippen molar-refractivity contribution in [3.05, 3.63) is 28.7 Å². The smallest absolute Gasteiger partial charge is 0.225 e. The van der Waals surface area contributed by atoms with Gasteiger partial charge in [-0.2, -0.15) is 0 Å². The fourth-order valence-corrected chi connectivity index (χ4v) is 3.17. The summed E-state index contributed by atoms with van der Waals surface area (Å²) in [6.45, 7) is 3.29. The average molecular weight is 406 g/mol. The summed E-state index contributed by atoms with van der Waals surface area (Å²) in [7, 11) is 1.99. The molecular weight excluding hydrogens is 380 g/mol. The number of nitrogens with one attached hydrogen (secondary N) is 1. The van der Waals surface area contributed by atoms with E-state index < -0.39 is 0 Å². The minimum absolute atomic E-state index is 0. The number of benzene rings is 1. The van der Waals surface area contributed by atoms with E-state index in [0.29, 0.717) is 13.0 Å². The molecule has 0 bridgehead atoms. The van der Waals surface area contributed by atoms with Gasteiger partial charge in [-0.25, -0.2) is 0 Å². The molecule has 1 aromatic carbocycles. The molecule has 0 atom stereocenters. The van der Waals surface area contributed by atoms with Crippen molar-refractivity contribution in [2.45, 2.75) is 25.7 Å². The predicted octanol–water partition coefficient (Wildman–Crippen LogP) is 3.49.